The summed E-state index contributed by atoms with van der Waals surface area (Å²) >= 11 is 0. The molecule has 1 unspecified atom stereocenters. The van der Waals surface area contributed by atoms with Gasteiger partial charge < -0.3 is 10.4 Å². The monoisotopic (exact) mass is 191 g/mol. The lowest BCUT2D eigenvalue weighted by Gasteiger charge is -2.32. The Hall–Kier alpha value is -1.18. The van der Waals surface area contributed by atoms with E-state index in [1.807, 2.05) is 12.1 Å². The summed E-state index contributed by atoms with van der Waals surface area (Å²) in [6.07, 6.45) is 4.09. The van der Waals surface area contributed by atoms with Gasteiger partial charge in [0.2, 0.25) is 0 Å². The van der Waals surface area contributed by atoms with Gasteiger partial charge in [0.1, 0.15) is 5.75 Å². The number of nitrogens with one attached hydrogen (secondary N) is 1. The molecule has 1 aromatic rings. The number of rotatable bonds is 3. The summed E-state index contributed by atoms with van der Waals surface area (Å²) in [5.74, 6) is 1.16. The lowest BCUT2D eigenvalue weighted by molar-refractivity contribution is 0.285. The molecule has 0 heterocycles. The maximum Gasteiger partial charge on any atom is 0.115 e. The van der Waals surface area contributed by atoms with Gasteiger partial charge in [-0.3, -0.25) is 0 Å². The largest absolute Gasteiger partial charge is 0.508 e. The van der Waals surface area contributed by atoms with E-state index in [1.54, 1.807) is 12.1 Å². The Morgan fingerprint density at radius 2 is 1.93 bits per heavy atom. The first-order valence-corrected chi connectivity index (χ1v) is 5.31. The Kier molecular flexibility index (Phi) is 2.62. The van der Waals surface area contributed by atoms with E-state index in [4.69, 9.17) is 5.11 Å². The molecule has 0 aromatic heterocycles. The maximum absolute atomic E-state index is 9.13. The number of benzene rings is 1. The molecule has 2 heteroatoms. The fraction of sp³-hybridized carbons (Fsp3) is 0.500. The standard InChI is InChI=1S/C12H17NO/c1-9(10-3-2-4-10)13-11-5-7-12(14)8-6-11/h5-10,13-14H,2-4H2,1H3. The molecule has 2 rings (SSSR count). The van der Waals surface area contributed by atoms with Gasteiger partial charge in [0, 0.05) is 11.7 Å². The van der Waals surface area contributed by atoms with Crippen LogP contribution in [0.5, 0.6) is 5.75 Å². The first kappa shape index (κ1) is 9.38. The van der Waals surface area contributed by atoms with Crippen molar-refractivity contribution in [3.8, 4) is 5.75 Å². The lowest BCUT2D eigenvalue weighted by Crippen LogP contribution is -2.30. The molecule has 1 atom stereocenters. The molecule has 76 valence electrons. The molecule has 1 fully saturated rings. The zero-order chi connectivity index (χ0) is 9.97. The molecule has 0 spiro atoms. The van der Waals surface area contributed by atoms with E-state index in [0.717, 1.165) is 11.6 Å². The Balaban J connectivity index is 1.92. The van der Waals surface area contributed by atoms with Crippen molar-refractivity contribution in [2.24, 2.45) is 5.92 Å². The molecule has 2 nitrogen and oxygen atoms in total. The molecule has 0 radical (unpaired) electrons. The van der Waals surface area contributed by atoms with E-state index >= 15 is 0 Å². The second-order valence-electron chi connectivity index (χ2n) is 4.17. The predicted octanol–water partition coefficient (Wildman–Crippen LogP) is 2.99. The normalized spacial score (nSPS) is 18.6. The second kappa shape index (κ2) is 3.91. The summed E-state index contributed by atoms with van der Waals surface area (Å²) in [4.78, 5) is 0. The maximum atomic E-state index is 9.13. The van der Waals surface area contributed by atoms with Crippen LogP contribution in [0.15, 0.2) is 24.3 Å². The third-order valence-electron chi connectivity index (χ3n) is 3.12. The minimum Gasteiger partial charge on any atom is -0.508 e. The van der Waals surface area contributed by atoms with Crippen LogP contribution in [-0.2, 0) is 0 Å². The highest BCUT2D eigenvalue weighted by molar-refractivity contribution is 5.46. The SMILES string of the molecule is CC(Nc1ccc(O)cc1)C1CCC1. The zero-order valence-electron chi connectivity index (χ0n) is 8.53. The van der Waals surface area contributed by atoms with Gasteiger partial charge in [-0.1, -0.05) is 6.42 Å². The van der Waals surface area contributed by atoms with Crippen molar-refractivity contribution >= 4 is 5.69 Å². The summed E-state index contributed by atoms with van der Waals surface area (Å²) < 4.78 is 0. The molecule has 1 aliphatic carbocycles. The third-order valence-corrected chi connectivity index (χ3v) is 3.12. The van der Waals surface area contributed by atoms with Gasteiger partial charge >= 0.3 is 0 Å². The van der Waals surface area contributed by atoms with E-state index in [1.165, 1.54) is 19.3 Å². The van der Waals surface area contributed by atoms with Gasteiger partial charge in [0.05, 0.1) is 0 Å². The van der Waals surface area contributed by atoms with Crippen LogP contribution in [0.3, 0.4) is 0 Å². The summed E-state index contributed by atoms with van der Waals surface area (Å²) in [5, 5.41) is 12.6. The Morgan fingerprint density at radius 3 is 2.43 bits per heavy atom. The molecule has 1 aliphatic rings. The highest BCUT2D eigenvalue weighted by atomic mass is 16.3. The average Bonchev–Trinajstić information content (AvgIpc) is 2.06. The quantitative estimate of drug-likeness (QED) is 0.720. The smallest absolute Gasteiger partial charge is 0.115 e. The van der Waals surface area contributed by atoms with Crippen LogP contribution in [0, 0.1) is 5.92 Å². The number of phenolic OH excluding ortho intramolecular Hbond substituents is 1. The van der Waals surface area contributed by atoms with Gasteiger partial charge in [0.15, 0.2) is 0 Å². The number of anilines is 1. The van der Waals surface area contributed by atoms with E-state index in [-0.39, 0.29) is 0 Å². The molecule has 0 bridgehead atoms. The van der Waals surface area contributed by atoms with Gasteiger partial charge in [-0.2, -0.15) is 0 Å². The summed E-state index contributed by atoms with van der Waals surface area (Å²) in [6.45, 7) is 2.23. The molecule has 0 saturated heterocycles. The molecule has 2 N–H and O–H groups in total. The van der Waals surface area contributed by atoms with E-state index in [0.29, 0.717) is 11.8 Å². The van der Waals surface area contributed by atoms with Crippen molar-refractivity contribution in [1.29, 1.82) is 0 Å². The molecular weight excluding hydrogens is 174 g/mol. The van der Waals surface area contributed by atoms with Crippen molar-refractivity contribution in [2.45, 2.75) is 32.2 Å². The summed E-state index contributed by atoms with van der Waals surface area (Å²) in [6, 6.07) is 7.83. The topological polar surface area (TPSA) is 32.3 Å². The van der Waals surface area contributed by atoms with Gasteiger partial charge in [-0.25, -0.2) is 0 Å². The highest BCUT2D eigenvalue weighted by Crippen LogP contribution is 2.31. The van der Waals surface area contributed by atoms with Crippen LogP contribution >= 0.6 is 0 Å². The zero-order valence-corrected chi connectivity index (χ0v) is 8.53. The Bertz CT molecular complexity index is 290. The van der Waals surface area contributed by atoms with Gasteiger partial charge in [-0.05, 0) is 49.9 Å². The van der Waals surface area contributed by atoms with Crippen LogP contribution in [0.1, 0.15) is 26.2 Å². The fourth-order valence-corrected chi connectivity index (χ4v) is 1.88. The molecule has 0 aliphatic heterocycles. The van der Waals surface area contributed by atoms with E-state index < -0.39 is 0 Å². The average molecular weight is 191 g/mol. The lowest BCUT2D eigenvalue weighted by atomic mass is 9.80. The Morgan fingerprint density at radius 1 is 1.29 bits per heavy atom. The van der Waals surface area contributed by atoms with Gasteiger partial charge in [-0.15, -0.1) is 0 Å². The number of hydrogen-bond acceptors (Lipinski definition) is 2. The van der Waals surface area contributed by atoms with Crippen LogP contribution < -0.4 is 5.32 Å². The third kappa shape index (κ3) is 2.00. The van der Waals surface area contributed by atoms with Crippen LogP contribution in [0.2, 0.25) is 0 Å². The van der Waals surface area contributed by atoms with E-state index in [2.05, 4.69) is 12.2 Å². The minimum absolute atomic E-state index is 0.326. The van der Waals surface area contributed by atoms with Crippen molar-refractivity contribution in [3.05, 3.63) is 24.3 Å². The summed E-state index contributed by atoms with van der Waals surface area (Å²) in [7, 11) is 0. The van der Waals surface area contributed by atoms with Crippen LogP contribution in [0.25, 0.3) is 0 Å². The first-order chi connectivity index (χ1) is 6.75. The van der Waals surface area contributed by atoms with Crippen LogP contribution in [0.4, 0.5) is 5.69 Å². The molecule has 0 amide bonds. The number of phenols is 1. The van der Waals surface area contributed by atoms with Crippen molar-refractivity contribution in [1.82, 2.24) is 0 Å². The van der Waals surface area contributed by atoms with Gasteiger partial charge in [0.25, 0.3) is 0 Å². The minimum atomic E-state index is 0.326. The van der Waals surface area contributed by atoms with Crippen molar-refractivity contribution < 1.29 is 5.11 Å². The van der Waals surface area contributed by atoms with E-state index in [9.17, 15) is 0 Å². The number of aromatic hydroxyl groups is 1. The van der Waals surface area contributed by atoms with Crippen molar-refractivity contribution in [3.63, 3.8) is 0 Å². The van der Waals surface area contributed by atoms with Crippen molar-refractivity contribution in [2.75, 3.05) is 5.32 Å². The number of hydrogen-bond donors (Lipinski definition) is 2. The molecule has 1 saturated carbocycles. The molecule has 14 heavy (non-hydrogen) atoms. The molecule has 1 aromatic carbocycles. The highest BCUT2D eigenvalue weighted by Gasteiger charge is 2.23. The first-order valence-electron chi connectivity index (χ1n) is 5.31. The van der Waals surface area contributed by atoms with Crippen LogP contribution in [-0.4, -0.2) is 11.1 Å². The summed E-state index contributed by atoms with van der Waals surface area (Å²) in [5.41, 5.74) is 1.10. The predicted molar refractivity (Wildman–Crippen MR) is 58.5 cm³/mol. The Labute approximate surface area is 85.0 Å². The fourth-order valence-electron chi connectivity index (χ4n) is 1.88. The second-order valence-corrected chi connectivity index (χ2v) is 4.17. The molecular formula is C12H17NO.